The first-order chi connectivity index (χ1) is 11.2. The van der Waals surface area contributed by atoms with Crippen LogP contribution in [-0.4, -0.2) is 29.8 Å². The van der Waals surface area contributed by atoms with Crippen molar-refractivity contribution in [3.63, 3.8) is 0 Å². The molecule has 0 unspecified atom stereocenters. The second-order valence-electron chi connectivity index (χ2n) is 5.86. The van der Waals surface area contributed by atoms with E-state index in [0.29, 0.717) is 0 Å². The molecule has 130 valence electrons. The fraction of sp³-hybridized carbons (Fsp3) is 0.632. The summed E-state index contributed by atoms with van der Waals surface area (Å²) in [5.74, 6) is 0.0389. The molecule has 0 fully saturated rings. The number of hydrogen-bond acceptors (Lipinski definition) is 3. The highest BCUT2D eigenvalue weighted by atomic mass is 32.2. The summed E-state index contributed by atoms with van der Waals surface area (Å²) >= 11 is 1.79. The van der Waals surface area contributed by atoms with Crippen molar-refractivity contribution in [1.82, 2.24) is 9.62 Å². The zero-order valence-electron chi connectivity index (χ0n) is 14.9. The third-order valence-corrected chi connectivity index (χ3v) is 4.72. The van der Waals surface area contributed by atoms with Gasteiger partial charge in [0.25, 0.3) is 5.91 Å². The van der Waals surface area contributed by atoms with Crippen LogP contribution >= 0.6 is 11.9 Å². The summed E-state index contributed by atoms with van der Waals surface area (Å²) in [6.45, 7) is 9.57. The lowest BCUT2D eigenvalue weighted by Crippen LogP contribution is -2.24. The number of nitrogens with one attached hydrogen (secondary N) is 1. The minimum atomic E-state index is 0.0389. The monoisotopic (exact) mass is 336 g/mol. The molecule has 4 heteroatoms. The number of carbonyl (C=O) groups excluding carboxylic acids is 1. The fourth-order valence-corrected chi connectivity index (χ4v) is 3.48. The molecular weight excluding hydrogens is 304 g/mol. The van der Waals surface area contributed by atoms with Gasteiger partial charge in [0.15, 0.2) is 0 Å². The van der Waals surface area contributed by atoms with Crippen LogP contribution in [0.2, 0.25) is 0 Å². The van der Waals surface area contributed by atoms with Gasteiger partial charge < -0.3 is 5.32 Å². The van der Waals surface area contributed by atoms with Crippen LogP contribution in [0.5, 0.6) is 0 Å². The van der Waals surface area contributed by atoms with Crippen LogP contribution in [0.15, 0.2) is 29.2 Å². The van der Waals surface area contributed by atoms with E-state index in [-0.39, 0.29) is 5.91 Å². The highest BCUT2D eigenvalue weighted by Gasteiger charge is 2.08. The molecule has 0 aromatic heterocycles. The zero-order valence-corrected chi connectivity index (χ0v) is 15.8. The Kier molecular flexibility index (Phi) is 10.8. The first-order valence-electron chi connectivity index (χ1n) is 9.02. The first kappa shape index (κ1) is 20.0. The maximum absolute atomic E-state index is 12.1. The summed E-state index contributed by atoms with van der Waals surface area (Å²) in [5, 5.41) is 3.00. The highest BCUT2D eigenvalue weighted by Crippen LogP contribution is 2.23. The predicted octanol–water partition coefficient (Wildman–Crippen LogP) is 5.13. The van der Waals surface area contributed by atoms with Crippen molar-refractivity contribution in [2.24, 2.45) is 0 Å². The van der Waals surface area contributed by atoms with Gasteiger partial charge >= 0.3 is 0 Å². The summed E-state index contributed by atoms with van der Waals surface area (Å²) < 4.78 is 2.39. The second kappa shape index (κ2) is 12.4. The minimum Gasteiger partial charge on any atom is -0.352 e. The van der Waals surface area contributed by atoms with Gasteiger partial charge in [-0.1, -0.05) is 40.0 Å². The molecule has 0 radical (unpaired) electrons. The Hall–Kier alpha value is -1.00. The molecule has 3 nitrogen and oxygen atoms in total. The molecule has 1 amide bonds. The van der Waals surface area contributed by atoms with Crippen LogP contribution in [0.3, 0.4) is 0 Å². The molecule has 0 aliphatic heterocycles. The molecule has 0 spiro atoms. The Balaban J connectivity index is 2.43. The molecule has 0 aliphatic carbocycles. The van der Waals surface area contributed by atoms with E-state index < -0.39 is 0 Å². The number of nitrogens with zero attached hydrogens (tertiary/aromatic N) is 1. The third-order valence-electron chi connectivity index (χ3n) is 3.61. The average Bonchev–Trinajstić information content (AvgIpc) is 2.55. The van der Waals surface area contributed by atoms with Crippen LogP contribution in [0.25, 0.3) is 0 Å². The largest absolute Gasteiger partial charge is 0.352 e. The van der Waals surface area contributed by atoms with E-state index in [9.17, 15) is 4.79 Å². The van der Waals surface area contributed by atoms with Crippen molar-refractivity contribution in [3.8, 4) is 0 Å². The number of benzene rings is 1. The number of rotatable bonds is 12. The molecule has 0 aliphatic rings. The van der Waals surface area contributed by atoms with Crippen LogP contribution < -0.4 is 5.32 Å². The number of hydrogen-bond donors (Lipinski definition) is 1. The quantitative estimate of drug-likeness (QED) is 0.424. The van der Waals surface area contributed by atoms with E-state index >= 15 is 0 Å². The summed E-state index contributed by atoms with van der Waals surface area (Å²) in [4.78, 5) is 13.3. The fourth-order valence-electron chi connectivity index (χ4n) is 2.37. The smallest absolute Gasteiger partial charge is 0.251 e. The lowest BCUT2D eigenvalue weighted by atomic mass is 10.2. The van der Waals surface area contributed by atoms with Crippen LogP contribution in [-0.2, 0) is 0 Å². The highest BCUT2D eigenvalue weighted by molar-refractivity contribution is 7.97. The van der Waals surface area contributed by atoms with Gasteiger partial charge in [0.1, 0.15) is 0 Å². The second-order valence-corrected chi connectivity index (χ2v) is 7.03. The van der Waals surface area contributed by atoms with Crippen molar-refractivity contribution in [3.05, 3.63) is 29.8 Å². The summed E-state index contributed by atoms with van der Waals surface area (Å²) in [7, 11) is 0. The van der Waals surface area contributed by atoms with Crippen molar-refractivity contribution >= 4 is 17.9 Å². The maximum Gasteiger partial charge on any atom is 0.251 e. The van der Waals surface area contributed by atoms with Gasteiger partial charge in [-0.15, -0.1) is 0 Å². The maximum atomic E-state index is 12.1. The molecule has 1 N–H and O–H groups in total. The van der Waals surface area contributed by atoms with Crippen molar-refractivity contribution in [1.29, 1.82) is 0 Å². The van der Waals surface area contributed by atoms with E-state index in [1.54, 1.807) is 11.9 Å². The van der Waals surface area contributed by atoms with E-state index in [0.717, 1.165) is 44.5 Å². The number of amides is 1. The normalized spacial score (nSPS) is 11.0. The van der Waals surface area contributed by atoms with Gasteiger partial charge in [-0.3, -0.25) is 4.79 Å². The summed E-state index contributed by atoms with van der Waals surface area (Å²) in [6, 6.07) is 7.96. The Morgan fingerprint density at radius 3 is 2.17 bits per heavy atom. The predicted molar refractivity (Wildman–Crippen MR) is 101 cm³/mol. The minimum absolute atomic E-state index is 0.0389. The Labute approximate surface area is 146 Å². The zero-order chi connectivity index (χ0) is 16.9. The standard InChI is InChI=1S/C19H32N2OS/c1-4-7-8-9-14-20-19(22)17-10-12-18(13-11-17)23-21(15-5-2)16-6-3/h10-13H,4-9,14-16H2,1-3H3,(H,20,22). The Morgan fingerprint density at radius 2 is 1.61 bits per heavy atom. The van der Waals surface area contributed by atoms with Gasteiger partial charge in [-0.2, -0.15) is 0 Å². The first-order valence-corrected chi connectivity index (χ1v) is 9.79. The summed E-state index contributed by atoms with van der Waals surface area (Å²) in [5.41, 5.74) is 0.752. The molecule has 1 aromatic carbocycles. The van der Waals surface area contributed by atoms with Crippen molar-refractivity contribution < 1.29 is 4.79 Å². The van der Waals surface area contributed by atoms with E-state index in [1.165, 1.54) is 24.2 Å². The molecule has 0 saturated carbocycles. The van der Waals surface area contributed by atoms with E-state index in [2.05, 4.69) is 42.5 Å². The lowest BCUT2D eigenvalue weighted by molar-refractivity contribution is 0.0953. The van der Waals surface area contributed by atoms with Gasteiger partial charge in [0, 0.05) is 30.1 Å². The van der Waals surface area contributed by atoms with Crippen molar-refractivity contribution in [2.75, 3.05) is 19.6 Å². The number of unbranched alkanes of at least 4 members (excludes halogenated alkanes) is 3. The molecule has 0 saturated heterocycles. The van der Waals surface area contributed by atoms with Gasteiger partial charge in [-0.25, -0.2) is 4.31 Å². The molecule has 0 atom stereocenters. The van der Waals surface area contributed by atoms with Gasteiger partial charge in [0.2, 0.25) is 0 Å². The molecular formula is C19H32N2OS. The molecule has 0 heterocycles. The van der Waals surface area contributed by atoms with E-state index in [1.807, 2.05) is 12.1 Å². The average molecular weight is 337 g/mol. The van der Waals surface area contributed by atoms with Gasteiger partial charge in [-0.05, 0) is 55.5 Å². The Morgan fingerprint density at radius 1 is 0.957 bits per heavy atom. The van der Waals surface area contributed by atoms with Crippen LogP contribution in [0.1, 0.15) is 69.7 Å². The molecule has 0 bridgehead atoms. The Bertz CT molecular complexity index is 428. The van der Waals surface area contributed by atoms with Gasteiger partial charge in [0.05, 0.1) is 0 Å². The third kappa shape index (κ3) is 8.42. The van der Waals surface area contributed by atoms with E-state index in [4.69, 9.17) is 0 Å². The number of carbonyl (C=O) groups is 1. The molecule has 23 heavy (non-hydrogen) atoms. The summed E-state index contributed by atoms with van der Waals surface area (Å²) in [6.07, 6.45) is 7.04. The lowest BCUT2D eigenvalue weighted by Gasteiger charge is -2.19. The van der Waals surface area contributed by atoms with Crippen LogP contribution in [0.4, 0.5) is 0 Å². The van der Waals surface area contributed by atoms with Crippen LogP contribution in [0, 0.1) is 0 Å². The topological polar surface area (TPSA) is 32.3 Å². The molecule has 1 rings (SSSR count). The molecule has 1 aromatic rings. The SMILES string of the molecule is CCCCCCNC(=O)c1ccc(SN(CCC)CCC)cc1. The van der Waals surface area contributed by atoms with Crippen molar-refractivity contribution in [2.45, 2.75) is 64.2 Å².